The van der Waals surface area contributed by atoms with Crippen molar-refractivity contribution < 1.29 is 18.7 Å². The van der Waals surface area contributed by atoms with E-state index in [-0.39, 0.29) is 6.04 Å². The molecule has 4 nitrogen and oxygen atoms in total. The van der Waals surface area contributed by atoms with Crippen molar-refractivity contribution >= 4 is 29.6 Å². The minimum Gasteiger partial charge on any atom is -0.452 e. The van der Waals surface area contributed by atoms with Crippen LogP contribution in [-0.2, 0) is 14.3 Å². The first kappa shape index (κ1) is 18.7. The van der Waals surface area contributed by atoms with Gasteiger partial charge in [0.05, 0.1) is 6.04 Å². The number of esters is 1. The minimum atomic E-state index is -0.690. The standard InChI is InChI=1S/C19H17ClFNO3/c1-13(16-7-2-3-8-17(16)20)22-18(23)12-25-19(24)10-9-14-5-4-6-15(21)11-14/h2-11,13H,12H2,1H3,(H,22,23)/b10-9+/t13-/m1/s1. The van der Waals surface area contributed by atoms with Crippen molar-refractivity contribution in [2.45, 2.75) is 13.0 Å². The normalized spacial score (nSPS) is 12.0. The molecule has 1 N–H and O–H groups in total. The average molecular weight is 362 g/mol. The van der Waals surface area contributed by atoms with Crippen molar-refractivity contribution in [2.75, 3.05) is 6.61 Å². The zero-order valence-corrected chi connectivity index (χ0v) is 14.3. The molecule has 2 aromatic rings. The molecule has 0 bridgehead atoms. The third kappa shape index (κ3) is 6.04. The van der Waals surface area contributed by atoms with Crippen LogP contribution in [0.4, 0.5) is 4.39 Å². The molecule has 0 spiro atoms. The average Bonchev–Trinajstić information content (AvgIpc) is 2.58. The Kier molecular flexibility index (Phi) is 6.71. The van der Waals surface area contributed by atoms with E-state index in [0.29, 0.717) is 10.6 Å². The Morgan fingerprint density at radius 3 is 2.72 bits per heavy atom. The second-order valence-corrected chi connectivity index (χ2v) is 5.71. The number of hydrogen-bond acceptors (Lipinski definition) is 3. The fourth-order valence-corrected chi connectivity index (χ4v) is 2.45. The predicted molar refractivity (Wildman–Crippen MR) is 94.4 cm³/mol. The van der Waals surface area contributed by atoms with Crippen molar-refractivity contribution in [1.82, 2.24) is 5.32 Å². The highest BCUT2D eigenvalue weighted by Crippen LogP contribution is 2.21. The molecule has 0 radical (unpaired) electrons. The monoisotopic (exact) mass is 361 g/mol. The SMILES string of the molecule is C[C@@H](NC(=O)COC(=O)/C=C/c1cccc(F)c1)c1ccccc1Cl. The molecule has 2 rings (SSSR count). The van der Waals surface area contributed by atoms with E-state index in [2.05, 4.69) is 5.32 Å². The van der Waals surface area contributed by atoms with E-state index in [1.807, 2.05) is 6.07 Å². The third-order valence-corrected chi connectivity index (χ3v) is 3.70. The summed E-state index contributed by atoms with van der Waals surface area (Å²) in [5.74, 6) is -1.53. The second-order valence-electron chi connectivity index (χ2n) is 5.31. The molecule has 6 heteroatoms. The Morgan fingerprint density at radius 1 is 1.24 bits per heavy atom. The molecule has 0 heterocycles. The lowest BCUT2D eigenvalue weighted by Crippen LogP contribution is -2.31. The summed E-state index contributed by atoms with van der Waals surface area (Å²) < 4.78 is 17.9. The summed E-state index contributed by atoms with van der Waals surface area (Å²) in [5.41, 5.74) is 1.29. The van der Waals surface area contributed by atoms with E-state index in [1.165, 1.54) is 24.3 Å². The van der Waals surface area contributed by atoms with Gasteiger partial charge in [-0.05, 0) is 42.3 Å². The van der Waals surface area contributed by atoms with E-state index in [4.69, 9.17) is 16.3 Å². The predicted octanol–water partition coefficient (Wildman–Crippen LogP) is 3.91. The summed E-state index contributed by atoms with van der Waals surface area (Å²) in [6.07, 6.45) is 2.55. The number of benzene rings is 2. The zero-order chi connectivity index (χ0) is 18.2. The summed E-state index contributed by atoms with van der Waals surface area (Å²) in [6, 6.07) is 12.6. The summed E-state index contributed by atoms with van der Waals surface area (Å²) in [5, 5.41) is 3.25. The van der Waals surface area contributed by atoms with Crippen LogP contribution in [0.15, 0.2) is 54.6 Å². The van der Waals surface area contributed by atoms with Crippen LogP contribution < -0.4 is 5.32 Å². The number of ether oxygens (including phenoxy) is 1. The number of amides is 1. The van der Waals surface area contributed by atoms with Crippen molar-refractivity contribution in [3.63, 3.8) is 0 Å². The summed E-state index contributed by atoms with van der Waals surface area (Å²) >= 11 is 6.07. The van der Waals surface area contributed by atoms with Crippen LogP contribution in [0.2, 0.25) is 5.02 Å². The first-order valence-electron chi connectivity index (χ1n) is 7.60. The van der Waals surface area contributed by atoms with Gasteiger partial charge in [0.15, 0.2) is 6.61 Å². The highest BCUT2D eigenvalue weighted by Gasteiger charge is 2.13. The Bertz CT molecular complexity index is 792. The molecule has 0 aliphatic heterocycles. The number of rotatable bonds is 6. The van der Waals surface area contributed by atoms with E-state index in [9.17, 15) is 14.0 Å². The molecule has 2 aromatic carbocycles. The van der Waals surface area contributed by atoms with Crippen LogP contribution in [0, 0.1) is 5.82 Å². The number of carbonyl (C=O) groups excluding carboxylic acids is 2. The van der Waals surface area contributed by atoms with Gasteiger partial charge in [-0.2, -0.15) is 0 Å². The largest absolute Gasteiger partial charge is 0.452 e. The van der Waals surface area contributed by atoms with Crippen LogP contribution >= 0.6 is 11.6 Å². The van der Waals surface area contributed by atoms with Crippen LogP contribution in [0.1, 0.15) is 24.1 Å². The Balaban J connectivity index is 1.81. The first-order chi connectivity index (χ1) is 12.0. The number of hydrogen-bond donors (Lipinski definition) is 1. The lowest BCUT2D eigenvalue weighted by atomic mass is 10.1. The van der Waals surface area contributed by atoms with Gasteiger partial charge in [0, 0.05) is 11.1 Å². The van der Waals surface area contributed by atoms with E-state index in [0.717, 1.165) is 11.6 Å². The summed E-state index contributed by atoms with van der Waals surface area (Å²) in [7, 11) is 0. The van der Waals surface area contributed by atoms with Crippen molar-refractivity contribution in [1.29, 1.82) is 0 Å². The van der Waals surface area contributed by atoms with Gasteiger partial charge in [-0.1, -0.05) is 41.9 Å². The number of halogens is 2. The molecular weight excluding hydrogens is 345 g/mol. The highest BCUT2D eigenvalue weighted by molar-refractivity contribution is 6.31. The summed E-state index contributed by atoms with van der Waals surface area (Å²) in [4.78, 5) is 23.5. The van der Waals surface area contributed by atoms with Gasteiger partial charge in [-0.3, -0.25) is 4.79 Å². The topological polar surface area (TPSA) is 55.4 Å². The Hall–Kier alpha value is -2.66. The van der Waals surface area contributed by atoms with Gasteiger partial charge in [-0.25, -0.2) is 9.18 Å². The maximum absolute atomic E-state index is 13.0. The van der Waals surface area contributed by atoms with E-state index < -0.39 is 24.3 Å². The van der Waals surface area contributed by atoms with Gasteiger partial charge in [0.25, 0.3) is 5.91 Å². The molecule has 1 atom stereocenters. The fourth-order valence-electron chi connectivity index (χ4n) is 2.15. The van der Waals surface area contributed by atoms with Crippen LogP contribution in [0.25, 0.3) is 6.08 Å². The van der Waals surface area contributed by atoms with Crippen molar-refractivity contribution in [2.24, 2.45) is 0 Å². The molecule has 0 saturated heterocycles. The van der Waals surface area contributed by atoms with Gasteiger partial charge in [0.1, 0.15) is 5.82 Å². The second kappa shape index (κ2) is 8.99. The Morgan fingerprint density at radius 2 is 2.00 bits per heavy atom. The lowest BCUT2D eigenvalue weighted by molar-refractivity contribution is -0.144. The van der Waals surface area contributed by atoms with Gasteiger partial charge in [0.2, 0.25) is 0 Å². The van der Waals surface area contributed by atoms with Gasteiger partial charge in [-0.15, -0.1) is 0 Å². The molecule has 0 aliphatic carbocycles. The molecule has 25 heavy (non-hydrogen) atoms. The number of nitrogens with one attached hydrogen (secondary N) is 1. The van der Waals surface area contributed by atoms with Crippen molar-refractivity contribution in [3.05, 3.63) is 76.6 Å². The molecule has 0 fully saturated rings. The van der Waals surface area contributed by atoms with Crippen LogP contribution in [-0.4, -0.2) is 18.5 Å². The van der Waals surface area contributed by atoms with Crippen LogP contribution in [0.5, 0.6) is 0 Å². The molecule has 130 valence electrons. The summed E-state index contributed by atoms with van der Waals surface area (Å²) in [6.45, 7) is 1.37. The maximum atomic E-state index is 13.0. The first-order valence-corrected chi connectivity index (χ1v) is 7.97. The quantitative estimate of drug-likeness (QED) is 0.627. The molecule has 0 saturated carbocycles. The van der Waals surface area contributed by atoms with E-state index in [1.54, 1.807) is 31.2 Å². The molecular formula is C19H17ClFNO3. The smallest absolute Gasteiger partial charge is 0.331 e. The lowest BCUT2D eigenvalue weighted by Gasteiger charge is -2.15. The molecule has 1 amide bonds. The minimum absolute atomic E-state index is 0.317. The zero-order valence-electron chi connectivity index (χ0n) is 13.5. The highest BCUT2D eigenvalue weighted by atomic mass is 35.5. The Labute approximate surface area is 150 Å². The fraction of sp³-hybridized carbons (Fsp3) is 0.158. The van der Waals surface area contributed by atoms with E-state index >= 15 is 0 Å². The molecule has 0 aliphatic rings. The third-order valence-electron chi connectivity index (χ3n) is 3.36. The maximum Gasteiger partial charge on any atom is 0.331 e. The molecule has 0 unspecified atom stereocenters. The van der Waals surface area contributed by atoms with Crippen molar-refractivity contribution in [3.8, 4) is 0 Å². The molecule has 0 aromatic heterocycles. The van der Waals surface area contributed by atoms with Gasteiger partial charge >= 0.3 is 5.97 Å². The number of carbonyl (C=O) groups is 2. The van der Waals surface area contributed by atoms with Crippen LogP contribution in [0.3, 0.4) is 0 Å². The van der Waals surface area contributed by atoms with Gasteiger partial charge < -0.3 is 10.1 Å².